The molecule has 0 amide bonds. The van der Waals surface area contributed by atoms with E-state index in [0.717, 1.165) is 0 Å². The van der Waals surface area contributed by atoms with E-state index in [1.807, 2.05) is 6.92 Å². The Morgan fingerprint density at radius 1 is 1.73 bits per heavy atom. The number of aromatic nitrogens is 1. The van der Waals surface area contributed by atoms with E-state index >= 15 is 0 Å². The Bertz CT molecular complexity index is 261. The molecule has 58 valence electrons. The number of nitrogens with zero attached hydrogens (tertiary/aromatic N) is 3. The minimum atomic E-state index is 0.480. The highest BCUT2D eigenvalue weighted by Gasteiger charge is 1.91. The van der Waals surface area contributed by atoms with Gasteiger partial charge in [-0.15, -0.1) is 0 Å². The lowest BCUT2D eigenvalue weighted by atomic mass is 10.6. The predicted octanol–water partition coefficient (Wildman–Crippen LogP) is 1.82. The molecule has 0 saturated carbocycles. The highest BCUT2D eigenvalue weighted by Crippen LogP contribution is 2.08. The van der Waals surface area contributed by atoms with Crippen molar-refractivity contribution >= 4 is 17.9 Å². The molecule has 1 aromatic rings. The van der Waals surface area contributed by atoms with Crippen molar-refractivity contribution in [3.63, 3.8) is 0 Å². The van der Waals surface area contributed by atoms with Crippen LogP contribution in [0.5, 0.6) is 0 Å². The van der Waals surface area contributed by atoms with E-state index in [-0.39, 0.29) is 0 Å². The van der Waals surface area contributed by atoms with Gasteiger partial charge in [0, 0.05) is 6.21 Å². The van der Waals surface area contributed by atoms with Gasteiger partial charge in [-0.05, 0) is 13.8 Å². The number of aliphatic imine (C=N–C) groups is 2. The Hall–Kier alpha value is -1.45. The average molecular weight is 151 g/mol. The molecule has 0 aliphatic heterocycles. The Balaban J connectivity index is 2.73. The van der Waals surface area contributed by atoms with Crippen molar-refractivity contribution in [1.29, 1.82) is 0 Å². The number of amidine groups is 1. The van der Waals surface area contributed by atoms with Crippen LogP contribution in [0.15, 0.2) is 27.0 Å². The highest BCUT2D eigenvalue weighted by molar-refractivity contribution is 5.88. The molecule has 0 bridgehead atoms. The van der Waals surface area contributed by atoms with Crippen LogP contribution in [-0.2, 0) is 0 Å². The largest absolute Gasteiger partial charge is 0.426 e. The van der Waals surface area contributed by atoms with Crippen LogP contribution in [0.2, 0.25) is 0 Å². The van der Waals surface area contributed by atoms with Crippen molar-refractivity contribution in [1.82, 2.24) is 4.98 Å². The Morgan fingerprint density at radius 2 is 2.55 bits per heavy atom. The first kappa shape index (κ1) is 7.65. The summed E-state index contributed by atoms with van der Waals surface area (Å²) in [4.78, 5) is 11.6. The monoisotopic (exact) mass is 151 g/mol. The first-order valence-corrected chi connectivity index (χ1v) is 3.25. The van der Waals surface area contributed by atoms with Crippen LogP contribution in [0, 0.1) is 0 Å². The molecule has 4 nitrogen and oxygen atoms in total. The minimum absolute atomic E-state index is 0.480. The summed E-state index contributed by atoms with van der Waals surface area (Å²) in [5.41, 5.74) is 0. The molecule has 0 saturated heterocycles. The molecule has 0 aliphatic carbocycles. The minimum Gasteiger partial charge on any atom is -0.426 e. The van der Waals surface area contributed by atoms with E-state index in [4.69, 9.17) is 4.42 Å². The van der Waals surface area contributed by atoms with E-state index in [1.54, 1.807) is 13.1 Å². The summed E-state index contributed by atoms with van der Waals surface area (Å²) in [7, 11) is 0. The van der Waals surface area contributed by atoms with Crippen molar-refractivity contribution < 1.29 is 4.42 Å². The average Bonchev–Trinajstić information content (AvgIpc) is 2.40. The van der Waals surface area contributed by atoms with Crippen molar-refractivity contribution in [2.75, 3.05) is 0 Å². The quantitative estimate of drug-likeness (QED) is 0.454. The second-order valence-electron chi connectivity index (χ2n) is 1.89. The van der Waals surface area contributed by atoms with Crippen LogP contribution in [0.3, 0.4) is 0 Å². The zero-order valence-electron chi connectivity index (χ0n) is 6.48. The van der Waals surface area contributed by atoms with Gasteiger partial charge in [-0.3, -0.25) is 0 Å². The highest BCUT2D eigenvalue weighted by atomic mass is 16.3. The molecule has 1 rings (SSSR count). The van der Waals surface area contributed by atoms with Crippen molar-refractivity contribution in [2.24, 2.45) is 9.98 Å². The van der Waals surface area contributed by atoms with E-state index in [9.17, 15) is 0 Å². The molecule has 0 aromatic carbocycles. The lowest BCUT2D eigenvalue weighted by Gasteiger charge is -1.86. The molecule has 0 fully saturated rings. The van der Waals surface area contributed by atoms with Crippen molar-refractivity contribution in [2.45, 2.75) is 13.8 Å². The van der Waals surface area contributed by atoms with Gasteiger partial charge in [0.05, 0.1) is 6.20 Å². The van der Waals surface area contributed by atoms with Crippen LogP contribution < -0.4 is 0 Å². The first-order valence-electron chi connectivity index (χ1n) is 3.25. The molecular formula is C7H9N3O. The summed E-state index contributed by atoms with van der Waals surface area (Å²) in [5.74, 6) is 1.14. The Labute approximate surface area is 64.7 Å². The number of hydrogen-bond donors (Lipinski definition) is 0. The number of rotatable bonds is 1. The second-order valence-corrected chi connectivity index (χ2v) is 1.89. The molecule has 0 spiro atoms. The maximum Gasteiger partial charge on any atom is 0.240 e. The SMILES string of the molecule is CC=NC(C)=Nc1cnco1. The molecule has 11 heavy (non-hydrogen) atoms. The number of oxazole rings is 1. The van der Waals surface area contributed by atoms with E-state index < -0.39 is 0 Å². The van der Waals surface area contributed by atoms with Gasteiger partial charge in [0.2, 0.25) is 5.88 Å². The fourth-order valence-electron chi connectivity index (χ4n) is 0.639. The molecule has 0 atom stereocenters. The van der Waals surface area contributed by atoms with Gasteiger partial charge >= 0.3 is 0 Å². The van der Waals surface area contributed by atoms with Gasteiger partial charge in [-0.1, -0.05) is 0 Å². The Kier molecular flexibility index (Phi) is 2.54. The summed E-state index contributed by atoms with van der Waals surface area (Å²) in [6, 6.07) is 0. The normalized spacial score (nSPS) is 12.7. The fourth-order valence-corrected chi connectivity index (χ4v) is 0.639. The Morgan fingerprint density at radius 3 is 3.09 bits per heavy atom. The summed E-state index contributed by atoms with van der Waals surface area (Å²) in [6.45, 7) is 3.63. The van der Waals surface area contributed by atoms with E-state index in [0.29, 0.717) is 11.7 Å². The summed E-state index contributed by atoms with van der Waals surface area (Å²) in [6.07, 6.45) is 4.55. The standard InChI is InChI=1S/C7H9N3O/c1-3-9-6(2)10-7-4-8-5-11-7/h3-5H,1-2H3. The van der Waals surface area contributed by atoms with Gasteiger partial charge in [0.25, 0.3) is 0 Å². The summed E-state index contributed by atoms with van der Waals surface area (Å²) >= 11 is 0. The zero-order chi connectivity index (χ0) is 8.10. The smallest absolute Gasteiger partial charge is 0.240 e. The molecule has 0 unspecified atom stereocenters. The van der Waals surface area contributed by atoms with E-state index in [1.165, 1.54) is 12.6 Å². The van der Waals surface area contributed by atoms with Gasteiger partial charge in [-0.25, -0.2) is 9.98 Å². The van der Waals surface area contributed by atoms with Crippen LogP contribution in [0.4, 0.5) is 5.88 Å². The van der Waals surface area contributed by atoms with Gasteiger partial charge in [-0.2, -0.15) is 4.99 Å². The van der Waals surface area contributed by atoms with Gasteiger partial charge in [0.1, 0.15) is 5.84 Å². The van der Waals surface area contributed by atoms with E-state index in [2.05, 4.69) is 15.0 Å². The summed E-state index contributed by atoms with van der Waals surface area (Å²) in [5, 5.41) is 0. The third-order valence-corrected chi connectivity index (χ3v) is 1.01. The molecule has 1 heterocycles. The topological polar surface area (TPSA) is 50.8 Å². The molecule has 4 heteroatoms. The van der Waals surface area contributed by atoms with Crippen molar-refractivity contribution in [3.05, 3.63) is 12.6 Å². The molecular weight excluding hydrogens is 142 g/mol. The fraction of sp³-hybridized carbons (Fsp3) is 0.286. The predicted molar refractivity (Wildman–Crippen MR) is 43.4 cm³/mol. The van der Waals surface area contributed by atoms with Crippen LogP contribution in [0.25, 0.3) is 0 Å². The lowest BCUT2D eigenvalue weighted by molar-refractivity contribution is 0.568. The zero-order valence-corrected chi connectivity index (χ0v) is 6.48. The van der Waals surface area contributed by atoms with Gasteiger partial charge in [0.15, 0.2) is 6.39 Å². The molecule has 0 N–H and O–H groups in total. The van der Waals surface area contributed by atoms with Crippen LogP contribution >= 0.6 is 0 Å². The molecule has 1 aromatic heterocycles. The third kappa shape index (κ3) is 2.33. The third-order valence-electron chi connectivity index (χ3n) is 1.01. The van der Waals surface area contributed by atoms with Crippen molar-refractivity contribution in [3.8, 4) is 0 Å². The number of hydrogen-bond acceptors (Lipinski definition) is 3. The lowest BCUT2D eigenvalue weighted by Crippen LogP contribution is -1.82. The second kappa shape index (κ2) is 3.65. The maximum absolute atomic E-state index is 4.88. The molecule has 0 radical (unpaired) electrons. The van der Waals surface area contributed by atoms with Crippen LogP contribution in [-0.4, -0.2) is 17.0 Å². The van der Waals surface area contributed by atoms with Gasteiger partial charge < -0.3 is 4.42 Å². The molecule has 0 aliphatic rings. The summed E-state index contributed by atoms with van der Waals surface area (Å²) < 4.78 is 4.88. The maximum atomic E-state index is 4.88. The first-order chi connectivity index (χ1) is 5.33. The van der Waals surface area contributed by atoms with Crippen LogP contribution in [0.1, 0.15) is 13.8 Å².